The van der Waals surface area contributed by atoms with Crippen molar-refractivity contribution in [3.63, 3.8) is 0 Å². The van der Waals surface area contributed by atoms with Gasteiger partial charge in [0.15, 0.2) is 0 Å². The third-order valence-electron chi connectivity index (χ3n) is 4.57. The van der Waals surface area contributed by atoms with E-state index in [1.54, 1.807) is 0 Å². The minimum Gasteiger partial charge on any atom is -0.372 e. The summed E-state index contributed by atoms with van der Waals surface area (Å²) in [6.45, 7) is 5.34. The van der Waals surface area contributed by atoms with E-state index in [1.165, 1.54) is 36.8 Å². The van der Waals surface area contributed by atoms with Crippen molar-refractivity contribution < 1.29 is 4.74 Å². The lowest BCUT2D eigenvalue weighted by Crippen LogP contribution is -2.35. The van der Waals surface area contributed by atoms with E-state index in [9.17, 15) is 0 Å². The summed E-state index contributed by atoms with van der Waals surface area (Å²) in [5.74, 6) is 0.739. The van der Waals surface area contributed by atoms with Crippen LogP contribution < -0.4 is 5.73 Å². The fourth-order valence-electron chi connectivity index (χ4n) is 3.27. The lowest BCUT2D eigenvalue weighted by molar-refractivity contribution is 0.0186. The zero-order valence-corrected chi connectivity index (χ0v) is 13.0. The third-order valence-corrected chi connectivity index (χ3v) is 4.57. The van der Waals surface area contributed by atoms with E-state index in [0.717, 1.165) is 25.4 Å². The standard InChI is InChI=1S/C18H29NO/c1-3-5-8-14(4-2)13-17(19)18-16-10-7-6-9-15(16)11-12-20-18/h6-7,9-10,14,17-18H,3-5,8,11-13,19H2,1-2H3. The quantitative estimate of drug-likeness (QED) is 0.808. The number of nitrogens with two attached hydrogens (primary N) is 1. The van der Waals surface area contributed by atoms with E-state index in [2.05, 4.69) is 38.1 Å². The van der Waals surface area contributed by atoms with Crippen LogP contribution in [0.5, 0.6) is 0 Å². The maximum atomic E-state index is 6.49. The Morgan fingerprint density at radius 1 is 1.30 bits per heavy atom. The molecule has 20 heavy (non-hydrogen) atoms. The van der Waals surface area contributed by atoms with Crippen LogP contribution in [0.2, 0.25) is 0 Å². The molecule has 2 rings (SSSR count). The summed E-state index contributed by atoms with van der Waals surface area (Å²) in [5.41, 5.74) is 9.22. The molecular formula is C18H29NO. The molecular weight excluding hydrogens is 246 g/mol. The molecule has 1 aliphatic heterocycles. The Bertz CT molecular complexity index is 404. The monoisotopic (exact) mass is 275 g/mol. The predicted molar refractivity (Wildman–Crippen MR) is 84.7 cm³/mol. The highest BCUT2D eigenvalue weighted by Gasteiger charge is 2.27. The van der Waals surface area contributed by atoms with Gasteiger partial charge in [0.1, 0.15) is 0 Å². The number of benzene rings is 1. The van der Waals surface area contributed by atoms with Crippen LogP contribution >= 0.6 is 0 Å². The first kappa shape index (κ1) is 15.5. The fraction of sp³-hybridized carbons (Fsp3) is 0.667. The van der Waals surface area contributed by atoms with Gasteiger partial charge in [-0.3, -0.25) is 0 Å². The summed E-state index contributed by atoms with van der Waals surface area (Å²) in [5, 5.41) is 0. The summed E-state index contributed by atoms with van der Waals surface area (Å²) in [4.78, 5) is 0. The number of hydrogen-bond donors (Lipinski definition) is 1. The van der Waals surface area contributed by atoms with Crippen LogP contribution in [0, 0.1) is 5.92 Å². The average Bonchev–Trinajstić information content (AvgIpc) is 2.50. The van der Waals surface area contributed by atoms with Gasteiger partial charge in [-0.05, 0) is 29.9 Å². The molecule has 0 bridgehead atoms. The molecule has 3 atom stereocenters. The van der Waals surface area contributed by atoms with Crippen molar-refractivity contribution in [3.8, 4) is 0 Å². The van der Waals surface area contributed by atoms with Crippen LogP contribution in [0.1, 0.15) is 63.2 Å². The number of ether oxygens (including phenoxy) is 1. The Hall–Kier alpha value is -0.860. The molecule has 1 aromatic carbocycles. The number of unbranched alkanes of at least 4 members (excludes halogenated alkanes) is 1. The van der Waals surface area contributed by atoms with Crippen molar-refractivity contribution in [3.05, 3.63) is 35.4 Å². The highest BCUT2D eigenvalue weighted by molar-refractivity contribution is 5.31. The Kier molecular flexibility index (Phi) is 6.06. The fourth-order valence-corrected chi connectivity index (χ4v) is 3.27. The Labute approximate surface area is 123 Å². The molecule has 2 heteroatoms. The van der Waals surface area contributed by atoms with Crippen molar-refractivity contribution in [1.29, 1.82) is 0 Å². The molecule has 1 aromatic rings. The van der Waals surface area contributed by atoms with Gasteiger partial charge in [-0.15, -0.1) is 0 Å². The zero-order chi connectivity index (χ0) is 14.4. The van der Waals surface area contributed by atoms with Crippen LogP contribution in [0.25, 0.3) is 0 Å². The number of hydrogen-bond acceptors (Lipinski definition) is 2. The van der Waals surface area contributed by atoms with Gasteiger partial charge in [-0.2, -0.15) is 0 Å². The van der Waals surface area contributed by atoms with Crippen LogP contribution in [0.15, 0.2) is 24.3 Å². The smallest absolute Gasteiger partial charge is 0.0978 e. The maximum Gasteiger partial charge on any atom is 0.0978 e. The first-order chi connectivity index (χ1) is 9.76. The van der Waals surface area contributed by atoms with Gasteiger partial charge in [-0.25, -0.2) is 0 Å². The molecule has 0 saturated carbocycles. The predicted octanol–water partition coefficient (Wildman–Crippen LogP) is 4.23. The molecule has 0 aromatic heterocycles. The van der Waals surface area contributed by atoms with E-state index in [1.807, 2.05) is 0 Å². The minimum atomic E-state index is 0.0932. The molecule has 0 aliphatic carbocycles. The molecule has 0 saturated heterocycles. The first-order valence-electron chi connectivity index (χ1n) is 8.21. The molecule has 1 aliphatic rings. The Morgan fingerprint density at radius 3 is 2.85 bits per heavy atom. The van der Waals surface area contributed by atoms with Crippen molar-refractivity contribution in [2.45, 2.75) is 64.5 Å². The van der Waals surface area contributed by atoms with Crippen LogP contribution in [0.3, 0.4) is 0 Å². The maximum absolute atomic E-state index is 6.49. The van der Waals surface area contributed by atoms with Gasteiger partial charge < -0.3 is 10.5 Å². The van der Waals surface area contributed by atoms with Gasteiger partial charge in [0.25, 0.3) is 0 Å². The van der Waals surface area contributed by atoms with Gasteiger partial charge >= 0.3 is 0 Å². The van der Waals surface area contributed by atoms with E-state index in [0.29, 0.717) is 0 Å². The van der Waals surface area contributed by atoms with E-state index in [-0.39, 0.29) is 12.1 Å². The van der Waals surface area contributed by atoms with Crippen molar-refractivity contribution in [2.24, 2.45) is 11.7 Å². The second-order valence-corrected chi connectivity index (χ2v) is 6.06. The van der Waals surface area contributed by atoms with Gasteiger partial charge in [0.05, 0.1) is 12.7 Å². The largest absolute Gasteiger partial charge is 0.372 e. The molecule has 3 unspecified atom stereocenters. The van der Waals surface area contributed by atoms with Crippen molar-refractivity contribution in [1.82, 2.24) is 0 Å². The van der Waals surface area contributed by atoms with Crippen molar-refractivity contribution in [2.75, 3.05) is 6.61 Å². The lowest BCUT2D eigenvalue weighted by Gasteiger charge is -2.32. The summed E-state index contributed by atoms with van der Waals surface area (Å²) >= 11 is 0. The second-order valence-electron chi connectivity index (χ2n) is 6.06. The van der Waals surface area contributed by atoms with E-state index < -0.39 is 0 Å². The lowest BCUT2D eigenvalue weighted by atomic mass is 9.86. The summed E-state index contributed by atoms with van der Waals surface area (Å²) in [6.07, 6.45) is 7.30. The molecule has 2 nitrogen and oxygen atoms in total. The molecule has 0 amide bonds. The normalized spacial score (nSPS) is 21.2. The molecule has 0 radical (unpaired) electrons. The Balaban J connectivity index is 2.00. The zero-order valence-electron chi connectivity index (χ0n) is 13.0. The average molecular weight is 275 g/mol. The highest BCUT2D eigenvalue weighted by Crippen LogP contribution is 2.32. The topological polar surface area (TPSA) is 35.2 Å². The summed E-state index contributed by atoms with van der Waals surface area (Å²) < 4.78 is 5.99. The second kappa shape index (κ2) is 7.80. The highest BCUT2D eigenvalue weighted by atomic mass is 16.5. The molecule has 112 valence electrons. The van der Waals surface area contributed by atoms with Crippen LogP contribution in [0.4, 0.5) is 0 Å². The van der Waals surface area contributed by atoms with Crippen LogP contribution in [-0.2, 0) is 11.2 Å². The molecule has 2 N–H and O–H groups in total. The SMILES string of the molecule is CCCCC(CC)CC(N)C1OCCc2ccccc21. The number of fused-ring (bicyclic) bond motifs is 1. The first-order valence-corrected chi connectivity index (χ1v) is 8.21. The van der Waals surface area contributed by atoms with E-state index in [4.69, 9.17) is 10.5 Å². The molecule has 0 spiro atoms. The summed E-state index contributed by atoms with van der Waals surface area (Å²) in [6, 6.07) is 8.74. The van der Waals surface area contributed by atoms with Gasteiger partial charge in [0, 0.05) is 6.04 Å². The van der Waals surface area contributed by atoms with Crippen molar-refractivity contribution >= 4 is 0 Å². The third kappa shape index (κ3) is 3.83. The number of rotatable bonds is 7. The van der Waals surface area contributed by atoms with E-state index >= 15 is 0 Å². The molecule has 1 heterocycles. The van der Waals surface area contributed by atoms with Gasteiger partial charge in [-0.1, -0.05) is 63.8 Å². The summed E-state index contributed by atoms with van der Waals surface area (Å²) in [7, 11) is 0. The van der Waals surface area contributed by atoms with Crippen LogP contribution in [-0.4, -0.2) is 12.6 Å². The Morgan fingerprint density at radius 2 is 2.10 bits per heavy atom. The minimum absolute atomic E-state index is 0.0932. The van der Waals surface area contributed by atoms with Gasteiger partial charge in [0.2, 0.25) is 0 Å². The molecule has 0 fully saturated rings.